The van der Waals surface area contributed by atoms with Crippen LogP contribution in [-0.2, 0) is 14.8 Å². The highest BCUT2D eigenvalue weighted by Gasteiger charge is 2.28. The van der Waals surface area contributed by atoms with Crippen LogP contribution in [0.25, 0.3) is 0 Å². The molecule has 0 spiro atoms. The van der Waals surface area contributed by atoms with Crippen LogP contribution in [0.3, 0.4) is 0 Å². The number of anilines is 1. The summed E-state index contributed by atoms with van der Waals surface area (Å²) in [5.74, 6) is -0.377. The maximum Gasteiger partial charge on any atom is 0.264 e. The van der Waals surface area contributed by atoms with E-state index in [-0.39, 0.29) is 23.4 Å². The average Bonchev–Trinajstić information content (AvgIpc) is 2.78. The first-order valence-electron chi connectivity index (χ1n) is 10.8. The number of nitrogens with zero attached hydrogens (tertiary/aromatic N) is 1. The highest BCUT2D eigenvalue weighted by Crippen LogP contribution is 2.27. The van der Waals surface area contributed by atoms with Gasteiger partial charge in [-0.15, -0.1) is 0 Å². The van der Waals surface area contributed by atoms with Gasteiger partial charge in [0, 0.05) is 5.02 Å². The largest absolute Gasteiger partial charge is 0.348 e. The number of sulfonamides is 1. The number of halogens is 1. The standard InChI is InChI=1S/C26H29ClN2O3S/c1-5-25(21-9-6-18(2)7-10-21)28-26(30)17-29(23-13-8-19(3)20(4)16-23)33(31,32)24-14-11-22(27)12-15-24/h6-16,25H,5,17H2,1-4H3,(H,28,30)/t25-/m1/s1. The lowest BCUT2D eigenvalue weighted by molar-refractivity contribution is -0.120. The summed E-state index contributed by atoms with van der Waals surface area (Å²) in [5.41, 5.74) is 4.53. The van der Waals surface area contributed by atoms with Crippen LogP contribution in [0.5, 0.6) is 0 Å². The first-order valence-corrected chi connectivity index (χ1v) is 12.6. The van der Waals surface area contributed by atoms with Crippen LogP contribution >= 0.6 is 11.6 Å². The van der Waals surface area contributed by atoms with Crippen LogP contribution < -0.4 is 9.62 Å². The molecule has 0 aliphatic rings. The number of carbonyl (C=O) groups excluding carboxylic acids is 1. The van der Waals surface area contributed by atoms with Crippen LogP contribution in [0.1, 0.15) is 41.6 Å². The second kappa shape index (κ2) is 10.4. The van der Waals surface area contributed by atoms with Crippen molar-refractivity contribution < 1.29 is 13.2 Å². The third-order valence-corrected chi connectivity index (χ3v) is 7.73. The lowest BCUT2D eigenvalue weighted by atomic mass is 10.0. The first kappa shape index (κ1) is 24.8. The number of rotatable bonds is 8. The Balaban J connectivity index is 1.93. The van der Waals surface area contributed by atoms with E-state index in [0.717, 1.165) is 26.6 Å². The summed E-state index contributed by atoms with van der Waals surface area (Å²) in [6.07, 6.45) is 0.683. The predicted molar refractivity (Wildman–Crippen MR) is 134 cm³/mol. The minimum atomic E-state index is -3.99. The zero-order valence-electron chi connectivity index (χ0n) is 19.3. The number of nitrogens with one attached hydrogen (secondary N) is 1. The molecule has 5 nitrogen and oxygen atoms in total. The second-order valence-corrected chi connectivity index (χ2v) is 10.5. The molecule has 0 fully saturated rings. The van der Waals surface area contributed by atoms with Gasteiger partial charge in [-0.25, -0.2) is 8.42 Å². The molecule has 7 heteroatoms. The molecule has 0 unspecified atom stereocenters. The van der Waals surface area contributed by atoms with Gasteiger partial charge >= 0.3 is 0 Å². The smallest absolute Gasteiger partial charge is 0.264 e. The fraction of sp³-hybridized carbons (Fsp3) is 0.269. The van der Waals surface area contributed by atoms with E-state index in [2.05, 4.69) is 5.32 Å². The molecule has 0 heterocycles. The Kier molecular flexibility index (Phi) is 7.82. The molecule has 3 aromatic carbocycles. The number of hydrogen-bond acceptors (Lipinski definition) is 3. The van der Waals surface area contributed by atoms with Crippen LogP contribution in [0, 0.1) is 20.8 Å². The van der Waals surface area contributed by atoms with E-state index < -0.39 is 10.0 Å². The Morgan fingerprint density at radius 2 is 1.58 bits per heavy atom. The van der Waals surface area contributed by atoms with Gasteiger partial charge in [-0.05, 0) is 80.3 Å². The number of aryl methyl sites for hydroxylation is 3. The summed E-state index contributed by atoms with van der Waals surface area (Å²) < 4.78 is 28.2. The Labute approximate surface area is 201 Å². The van der Waals surface area contributed by atoms with Gasteiger partial charge in [-0.3, -0.25) is 9.10 Å². The third-order valence-electron chi connectivity index (χ3n) is 5.69. The summed E-state index contributed by atoms with van der Waals surface area (Å²) >= 11 is 5.95. The third kappa shape index (κ3) is 5.95. The van der Waals surface area contributed by atoms with Crippen molar-refractivity contribution in [1.29, 1.82) is 0 Å². The van der Waals surface area contributed by atoms with Crippen molar-refractivity contribution in [2.24, 2.45) is 0 Å². The summed E-state index contributed by atoms with van der Waals surface area (Å²) in [5, 5.41) is 3.43. The summed E-state index contributed by atoms with van der Waals surface area (Å²) in [6, 6.07) is 19.1. The molecule has 0 radical (unpaired) electrons. The van der Waals surface area contributed by atoms with Crippen molar-refractivity contribution in [3.63, 3.8) is 0 Å². The maximum absolute atomic E-state index is 13.5. The van der Waals surface area contributed by atoms with Gasteiger partial charge in [0.25, 0.3) is 10.0 Å². The molecule has 3 aromatic rings. The minimum absolute atomic E-state index is 0.0727. The van der Waals surface area contributed by atoms with Gasteiger partial charge in [0.05, 0.1) is 16.6 Å². The first-order chi connectivity index (χ1) is 15.6. The Hall–Kier alpha value is -2.83. The van der Waals surface area contributed by atoms with Crippen LogP contribution in [0.4, 0.5) is 5.69 Å². The molecule has 0 aliphatic carbocycles. The average molecular weight is 485 g/mol. The van der Waals surface area contributed by atoms with Crippen LogP contribution in [0.15, 0.2) is 71.6 Å². The fourth-order valence-corrected chi connectivity index (χ4v) is 5.06. The quantitative estimate of drug-likeness (QED) is 0.444. The van der Waals surface area contributed by atoms with E-state index in [9.17, 15) is 13.2 Å². The van der Waals surface area contributed by atoms with Crippen LogP contribution in [-0.4, -0.2) is 20.9 Å². The lowest BCUT2D eigenvalue weighted by Crippen LogP contribution is -2.42. The van der Waals surface area contributed by atoms with Crippen molar-refractivity contribution in [3.8, 4) is 0 Å². The molecule has 0 saturated heterocycles. The molecular formula is C26H29ClN2O3S. The van der Waals surface area contributed by atoms with Gasteiger partial charge in [-0.1, -0.05) is 54.4 Å². The van der Waals surface area contributed by atoms with Gasteiger partial charge in [0.1, 0.15) is 6.54 Å². The number of amides is 1. The van der Waals surface area contributed by atoms with Gasteiger partial charge in [0.2, 0.25) is 5.91 Å². The zero-order chi connectivity index (χ0) is 24.2. The maximum atomic E-state index is 13.5. The fourth-order valence-electron chi connectivity index (χ4n) is 3.52. The molecule has 0 bridgehead atoms. The summed E-state index contributed by atoms with van der Waals surface area (Å²) in [4.78, 5) is 13.2. The molecule has 1 atom stereocenters. The monoisotopic (exact) mass is 484 g/mol. The van der Waals surface area contributed by atoms with Crippen molar-refractivity contribution in [2.75, 3.05) is 10.8 Å². The molecule has 0 aliphatic heterocycles. The van der Waals surface area contributed by atoms with E-state index in [1.807, 2.05) is 58.0 Å². The SMILES string of the molecule is CC[C@@H](NC(=O)CN(c1ccc(C)c(C)c1)S(=O)(=O)c1ccc(Cl)cc1)c1ccc(C)cc1. The van der Waals surface area contributed by atoms with Crippen molar-refractivity contribution in [3.05, 3.63) is 94.0 Å². The second-order valence-electron chi connectivity index (χ2n) is 8.17. The molecule has 33 heavy (non-hydrogen) atoms. The molecule has 3 rings (SSSR count). The van der Waals surface area contributed by atoms with Gasteiger partial charge in [0.15, 0.2) is 0 Å². The molecule has 174 valence electrons. The van der Waals surface area contributed by atoms with E-state index in [1.165, 1.54) is 24.3 Å². The highest BCUT2D eigenvalue weighted by atomic mass is 35.5. The molecule has 0 saturated carbocycles. The molecular weight excluding hydrogens is 456 g/mol. The number of benzene rings is 3. The highest BCUT2D eigenvalue weighted by molar-refractivity contribution is 7.92. The van der Waals surface area contributed by atoms with Crippen molar-refractivity contribution >= 4 is 33.2 Å². The van der Waals surface area contributed by atoms with Crippen LogP contribution in [0.2, 0.25) is 5.02 Å². The Morgan fingerprint density at radius 3 is 2.15 bits per heavy atom. The molecule has 0 aromatic heterocycles. The predicted octanol–water partition coefficient (Wildman–Crippen LogP) is 5.73. The summed E-state index contributed by atoms with van der Waals surface area (Å²) in [6.45, 7) is 7.52. The zero-order valence-corrected chi connectivity index (χ0v) is 20.9. The van der Waals surface area contributed by atoms with E-state index >= 15 is 0 Å². The van der Waals surface area contributed by atoms with E-state index in [4.69, 9.17) is 11.6 Å². The van der Waals surface area contributed by atoms with Crippen molar-refractivity contribution in [2.45, 2.75) is 45.1 Å². The number of hydrogen-bond donors (Lipinski definition) is 1. The molecule has 1 N–H and O–H groups in total. The Morgan fingerprint density at radius 1 is 0.939 bits per heavy atom. The number of carbonyl (C=O) groups is 1. The molecule has 1 amide bonds. The normalized spacial score (nSPS) is 12.3. The lowest BCUT2D eigenvalue weighted by Gasteiger charge is -2.26. The van der Waals surface area contributed by atoms with Gasteiger partial charge in [-0.2, -0.15) is 0 Å². The Bertz CT molecular complexity index is 1220. The minimum Gasteiger partial charge on any atom is -0.348 e. The van der Waals surface area contributed by atoms with E-state index in [0.29, 0.717) is 17.1 Å². The van der Waals surface area contributed by atoms with Crippen molar-refractivity contribution in [1.82, 2.24) is 5.32 Å². The summed E-state index contributed by atoms with van der Waals surface area (Å²) in [7, 11) is -3.99. The topological polar surface area (TPSA) is 66.5 Å². The van der Waals surface area contributed by atoms with E-state index in [1.54, 1.807) is 12.1 Å². The van der Waals surface area contributed by atoms with Gasteiger partial charge < -0.3 is 5.32 Å².